The first-order valence-electron chi connectivity index (χ1n) is 4.09. The first-order valence-corrected chi connectivity index (χ1v) is 5.79. The molecule has 0 radical (unpaired) electrons. The van der Waals surface area contributed by atoms with E-state index in [1.807, 2.05) is 6.92 Å². The van der Waals surface area contributed by atoms with Crippen LogP contribution in [0.4, 0.5) is 5.69 Å². The van der Waals surface area contributed by atoms with Crippen molar-refractivity contribution in [3.8, 4) is 0 Å². The van der Waals surface area contributed by atoms with Gasteiger partial charge in [-0.05, 0) is 18.6 Å². The zero-order chi connectivity index (χ0) is 9.84. The van der Waals surface area contributed by atoms with Gasteiger partial charge >= 0.3 is 0 Å². The molecule has 1 aromatic carbocycles. The number of anilines is 1. The van der Waals surface area contributed by atoms with Crippen LogP contribution in [0.25, 0.3) is 0 Å². The second-order valence-corrected chi connectivity index (χ2v) is 4.62. The van der Waals surface area contributed by atoms with Gasteiger partial charge in [0, 0.05) is 11.4 Å². The zero-order valence-electron chi connectivity index (χ0n) is 7.42. The van der Waals surface area contributed by atoms with Crippen LogP contribution >= 0.6 is 11.6 Å². The van der Waals surface area contributed by atoms with Crippen molar-refractivity contribution in [3.63, 3.8) is 0 Å². The third-order valence-corrected chi connectivity index (χ3v) is 3.73. The highest BCUT2D eigenvalue weighted by atomic mass is 35.5. The lowest BCUT2D eigenvalue weighted by atomic mass is 10.3. The average Bonchev–Trinajstić information content (AvgIpc) is 2.04. The van der Waals surface area contributed by atoms with Crippen molar-refractivity contribution in [1.82, 2.24) is 0 Å². The monoisotopic (exact) mass is 217 g/mol. The van der Waals surface area contributed by atoms with Gasteiger partial charge in [0.05, 0.1) is 20.7 Å². The Kier molecular flexibility index (Phi) is 3.75. The fourth-order valence-electron chi connectivity index (χ4n) is 1.05. The molecule has 0 saturated heterocycles. The normalized spacial score (nSPS) is 12.8. The van der Waals surface area contributed by atoms with Crippen LogP contribution in [0, 0.1) is 0 Å². The summed E-state index contributed by atoms with van der Waals surface area (Å²) in [6.45, 7) is 1.98. The first kappa shape index (κ1) is 10.5. The van der Waals surface area contributed by atoms with E-state index < -0.39 is 10.8 Å². The Labute approximate surface area is 85.5 Å². The van der Waals surface area contributed by atoms with Crippen molar-refractivity contribution in [2.24, 2.45) is 0 Å². The van der Waals surface area contributed by atoms with E-state index in [2.05, 4.69) is 0 Å². The minimum Gasteiger partial charge on any atom is -0.398 e. The molecule has 0 amide bonds. The number of hydrogen-bond donors (Lipinski definition) is 1. The Morgan fingerprint density at radius 1 is 1.54 bits per heavy atom. The minimum absolute atomic E-state index is 0.492. The Balaban J connectivity index is 3.05. The highest BCUT2D eigenvalue weighted by molar-refractivity contribution is 7.85. The highest BCUT2D eigenvalue weighted by Gasteiger charge is 2.10. The molecule has 0 aliphatic rings. The summed E-state index contributed by atoms with van der Waals surface area (Å²) in [7, 11) is -1.06. The summed E-state index contributed by atoms with van der Waals surface area (Å²) >= 11 is 5.89. The van der Waals surface area contributed by atoms with E-state index in [1.165, 1.54) is 0 Å². The predicted molar refractivity (Wildman–Crippen MR) is 57.4 cm³/mol. The predicted octanol–water partition coefficient (Wildman–Crippen LogP) is 2.44. The molecule has 0 fully saturated rings. The van der Waals surface area contributed by atoms with E-state index in [9.17, 15) is 4.21 Å². The summed E-state index contributed by atoms with van der Waals surface area (Å²) in [5.41, 5.74) is 6.19. The average molecular weight is 218 g/mol. The van der Waals surface area contributed by atoms with Crippen LogP contribution in [0.2, 0.25) is 5.02 Å². The van der Waals surface area contributed by atoms with Crippen LogP contribution in [0.5, 0.6) is 0 Å². The molecule has 2 N–H and O–H groups in total. The molecule has 0 aliphatic carbocycles. The molecule has 0 saturated carbocycles. The lowest BCUT2D eigenvalue weighted by Gasteiger charge is -2.06. The molecule has 0 heterocycles. The number of rotatable bonds is 3. The van der Waals surface area contributed by atoms with Crippen LogP contribution < -0.4 is 5.73 Å². The maximum atomic E-state index is 11.6. The molecular formula is C9H12ClNOS. The van der Waals surface area contributed by atoms with E-state index in [0.29, 0.717) is 21.4 Å². The fraction of sp³-hybridized carbons (Fsp3) is 0.333. The van der Waals surface area contributed by atoms with Crippen molar-refractivity contribution < 1.29 is 4.21 Å². The topological polar surface area (TPSA) is 43.1 Å². The SMILES string of the molecule is CCCS(=O)c1c(N)cccc1Cl. The highest BCUT2D eigenvalue weighted by Crippen LogP contribution is 2.25. The van der Waals surface area contributed by atoms with Gasteiger partial charge in [-0.3, -0.25) is 4.21 Å². The standard InChI is InChI=1S/C9H12ClNOS/c1-2-6-13(12)9-7(10)4-3-5-8(9)11/h3-5H,2,6,11H2,1H3. The molecule has 4 heteroatoms. The van der Waals surface area contributed by atoms with Crippen molar-refractivity contribution in [2.45, 2.75) is 18.2 Å². The maximum absolute atomic E-state index is 11.6. The second-order valence-electron chi connectivity index (χ2n) is 2.71. The molecule has 1 aromatic rings. The molecule has 0 aliphatic heterocycles. The largest absolute Gasteiger partial charge is 0.398 e. The molecular weight excluding hydrogens is 206 g/mol. The van der Waals surface area contributed by atoms with Crippen LogP contribution in [-0.4, -0.2) is 9.96 Å². The Morgan fingerprint density at radius 2 is 2.23 bits per heavy atom. The second kappa shape index (κ2) is 4.63. The summed E-state index contributed by atoms with van der Waals surface area (Å²) < 4.78 is 11.6. The smallest absolute Gasteiger partial charge is 0.0803 e. The summed E-state index contributed by atoms with van der Waals surface area (Å²) in [5, 5.41) is 0.492. The van der Waals surface area contributed by atoms with Crippen molar-refractivity contribution in [2.75, 3.05) is 11.5 Å². The summed E-state index contributed by atoms with van der Waals surface area (Å²) in [6, 6.07) is 5.18. The lowest BCUT2D eigenvalue weighted by molar-refractivity contribution is 0.682. The number of hydrogen-bond acceptors (Lipinski definition) is 2. The summed E-state index contributed by atoms with van der Waals surface area (Å²) in [4.78, 5) is 0.575. The van der Waals surface area contributed by atoms with Gasteiger partial charge in [-0.1, -0.05) is 24.6 Å². The Bertz CT molecular complexity index is 307. The van der Waals surface area contributed by atoms with Gasteiger partial charge in [-0.25, -0.2) is 0 Å². The number of nitrogen functional groups attached to an aromatic ring is 1. The van der Waals surface area contributed by atoms with Gasteiger partial charge in [0.15, 0.2) is 0 Å². The van der Waals surface area contributed by atoms with Crippen molar-refractivity contribution in [3.05, 3.63) is 23.2 Å². The van der Waals surface area contributed by atoms with Crippen molar-refractivity contribution in [1.29, 1.82) is 0 Å². The molecule has 0 bridgehead atoms. The first-order chi connectivity index (χ1) is 6.16. The molecule has 72 valence electrons. The van der Waals surface area contributed by atoms with Gasteiger partial charge in [0.2, 0.25) is 0 Å². The third-order valence-electron chi connectivity index (χ3n) is 1.61. The maximum Gasteiger partial charge on any atom is 0.0803 e. The van der Waals surface area contributed by atoms with Crippen molar-refractivity contribution >= 4 is 28.1 Å². The van der Waals surface area contributed by atoms with Crippen LogP contribution in [0.3, 0.4) is 0 Å². The molecule has 2 nitrogen and oxygen atoms in total. The van der Waals surface area contributed by atoms with Gasteiger partial charge < -0.3 is 5.73 Å². The summed E-state index contributed by atoms with van der Waals surface area (Å²) in [5.74, 6) is 0.605. The molecule has 1 rings (SSSR count). The van der Waals surface area contributed by atoms with E-state index in [1.54, 1.807) is 18.2 Å². The molecule has 1 unspecified atom stereocenters. The lowest BCUT2D eigenvalue weighted by Crippen LogP contribution is -2.01. The van der Waals surface area contributed by atoms with E-state index in [4.69, 9.17) is 17.3 Å². The molecule has 0 aromatic heterocycles. The van der Waals surface area contributed by atoms with E-state index >= 15 is 0 Å². The van der Waals surface area contributed by atoms with Gasteiger partial charge in [0.1, 0.15) is 0 Å². The third kappa shape index (κ3) is 2.45. The van der Waals surface area contributed by atoms with Gasteiger partial charge in [0.25, 0.3) is 0 Å². The van der Waals surface area contributed by atoms with E-state index in [-0.39, 0.29) is 0 Å². The zero-order valence-corrected chi connectivity index (χ0v) is 8.99. The van der Waals surface area contributed by atoms with Gasteiger partial charge in [-0.2, -0.15) is 0 Å². The Morgan fingerprint density at radius 3 is 2.77 bits per heavy atom. The quantitative estimate of drug-likeness (QED) is 0.791. The van der Waals surface area contributed by atoms with Crippen LogP contribution in [-0.2, 0) is 10.8 Å². The Hall–Kier alpha value is -0.540. The molecule has 0 spiro atoms. The van der Waals surface area contributed by atoms with Gasteiger partial charge in [-0.15, -0.1) is 0 Å². The van der Waals surface area contributed by atoms with Crippen LogP contribution in [0.1, 0.15) is 13.3 Å². The number of halogens is 1. The number of nitrogens with two attached hydrogens (primary N) is 1. The minimum atomic E-state index is -1.06. The number of benzene rings is 1. The molecule has 13 heavy (non-hydrogen) atoms. The fourth-order valence-corrected chi connectivity index (χ4v) is 2.68. The molecule has 1 atom stereocenters. The van der Waals surface area contributed by atoms with Crippen LogP contribution in [0.15, 0.2) is 23.1 Å². The van der Waals surface area contributed by atoms with E-state index in [0.717, 1.165) is 6.42 Å². The summed E-state index contributed by atoms with van der Waals surface area (Å²) in [6.07, 6.45) is 0.858.